The molecular weight excluding hydrogens is 1210 g/mol. The Morgan fingerprint density at radius 3 is 1.24 bits per heavy atom. The molecule has 2 atom stereocenters. The van der Waals surface area contributed by atoms with Crippen LogP contribution in [0.5, 0.6) is 34.5 Å². The van der Waals surface area contributed by atoms with Gasteiger partial charge in [0.1, 0.15) is 29.6 Å². The molecule has 2 aliphatic heterocycles. The third-order valence-corrected chi connectivity index (χ3v) is 18.9. The van der Waals surface area contributed by atoms with Gasteiger partial charge in [0.15, 0.2) is 66.4 Å². The number of Topliss-reactive ketones (excluding diaryl/α,β-unsaturated/α-hetero) is 2. The van der Waals surface area contributed by atoms with E-state index in [4.69, 9.17) is 43.3 Å². The molecule has 0 spiro atoms. The van der Waals surface area contributed by atoms with Gasteiger partial charge in [0.05, 0.1) is 27.8 Å². The van der Waals surface area contributed by atoms with Gasteiger partial charge in [-0.1, -0.05) is 123 Å². The molecule has 2 aliphatic rings. The lowest BCUT2D eigenvalue weighted by molar-refractivity contribution is -0.282. The molecule has 0 saturated carbocycles. The van der Waals surface area contributed by atoms with E-state index in [1.165, 1.54) is 49.6 Å². The number of fused-ring (bicyclic) bond motifs is 2. The third kappa shape index (κ3) is 18.5. The van der Waals surface area contributed by atoms with E-state index in [1.54, 1.807) is 91.0 Å². The molecule has 480 valence electrons. The lowest BCUT2D eigenvalue weighted by Crippen LogP contribution is -2.27. The second-order valence-electron chi connectivity index (χ2n) is 22.4. The van der Waals surface area contributed by atoms with Crippen LogP contribution in [-0.2, 0) is 68.5 Å². The Morgan fingerprint density at radius 1 is 0.489 bits per heavy atom. The Labute approximate surface area is 527 Å². The van der Waals surface area contributed by atoms with E-state index in [1.807, 2.05) is 67.5 Å². The number of carboxylic acids is 1. The van der Waals surface area contributed by atoms with Crippen molar-refractivity contribution in [2.45, 2.75) is 132 Å². The number of hydrogen-bond acceptors (Lipinski definition) is 18. The van der Waals surface area contributed by atoms with Gasteiger partial charge >= 0.3 is 0 Å². The third-order valence-electron chi connectivity index (χ3n) is 14.6. The largest absolute Gasteiger partial charge is 0.545 e. The SMILES string of the molecule is CC(C)c1ccc(S(N)(=O)=O)cc1.CCCc1cc(C(=O)[O-])ccc1OC(C(=O)CS(=O)(=O)c1ccc(C(C)C)cc1)c1ccc2c(c1)OCO2.CCCc1cc(COOC)ccc1OC(C(=O)CS(=O)(=O)c1ccc(C(C)C)cc1)c1ccc2c(c1)OCO2. The molecule has 2 N–H and O–H groups in total. The lowest BCUT2D eigenvalue weighted by Gasteiger charge is -2.21. The van der Waals surface area contributed by atoms with Crippen molar-refractivity contribution in [2.75, 3.05) is 32.2 Å². The number of aromatic carboxylic acids is 1. The minimum Gasteiger partial charge on any atom is -0.545 e. The van der Waals surface area contributed by atoms with Crippen molar-refractivity contribution in [1.82, 2.24) is 0 Å². The predicted octanol–water partition coefficient (Wildman–Crippen LogP) is 11.2. The minimum absolute atomic E-state index is 0.0146. The van der Waals surface area contributed by atoms with Crippen molar-refractivity contribution in [1.29, 1.82) is 0 Å². The Kier molecular flexibility index (Phi) is 23.9. The molecule has 7 aromatic carbocycles. The summed E-state index contributed by atoms with van der Waals surface area (Å²) in [6, 6.07) is 39.4. The number of nitrogens with two attached hydrogens (primary N) is 1. The van der Waals surface area contributed by atoms with E-state index in [-0.39, 0.29) is 58.0 Å². The van der Waals surface area contributed by atoms with Gasteiger partial charge in [0, 0.05) is 11.1 Å². The summed E-state index contributed by atoms with van der Waals surface area (Å²) in [5, 5.41) is 16.3. The van der Waals surface area contributed by atoms with Crippen LogP contribution in [0.25, 0.3) is 0 Å². The van der Waals surface area contributed by atoms with Crippen molar-refractivity contribution in [3.05, 3.63) is 196 Å². The second-order valence-corrected chi connectivity index (χ2v) is 27.9. The standard InChI is InChI=1S/C30H34O8S.C29H30O8S.C9H13NO2S/c1-5-6-23-15-21(17-37-34-4)7-13-27(23)38-30(24-10-14-28-29(16-24)36-19-35-28)26(31)18-39(32,33)25-11-8-22(9-12-25)20(2)3;1-4-5-20-14-22(29(31)32)9-12-25(20)37-28(21-8-13-26-27(15-21)36-17-35-26)24(30)16-38(33,34)23-10-6-19(7-11-23)18(2)3;1-7(2)8-3-5-9(6-4-8)13(10,11)12/h7-16,20,30H,5-6,17-19H2,1-4H3;6-15,18,28H,4-5,16-17H2,1-3H3,(H,31,32);3-7H,1-2H3,(H2,10,11,12)/p-1. The van der Waals surface area contributed by atoms with Crippen molar-refractivity contribution >= 4 is 47.2 Å². The van der Waals surface area contributed by atoms with Crippen molar-refractivity contribution in [3.8, 4) is 34.5 Å². The molecule has 7 aromatic rings. The fourth-order valence-corrected chi connectivity index (χ4v) is 12.6. The number of carboxylic acid groups (broad SMARTS) is 1. The van der Waals surface area contributed by atoms with Gasteiger partial charge in [0.25, 0.3) is 0 Å². The van der Waals surface area contributed by atoms with Gasteiger partial charge in [0.2, 0.25) is 23.6 Å². The first kappa shape index (κ1) is 69.4. The number of ketones is 2. The number of benzene rings is 7. The molecule has 0 fully saturated rings. The second kappa shape index (κ2) is 31.1. The summed E-state index contributed by atoms with van der Waals surface area (Å²) in [5.41, 5.74) is 6.28. The number of carbonyl (C=O) groups excluding carboxylic acids is 3. The van der Waals surface area contributed by atoms with Gasteiger partial charge < -0.3 is 38.3 Å². The zero-order valence-corrected chi connectivity index (χ0v) is 54.2. The molecule has 0 saturated heterocycles. The van der Waals surface area contributed by atoms with Crippen LogP contribution in [0.15, 0.2) is 160 Å². The average Bonchev–Trinajstić information content (AvgIpc) is 1.48. The fraction of sp³-hybridized carbons (Fsp3) is 0.338. The highest BCUT2D eigenvalue weighted by molar-refractivity contribution is 7.92. The van der Waals surface area contributed by atoms with E-state index in [0.717, 1.165) is 34.2 Å². The van der Waals surface area contributed by atoms with Gasteiger partial charge in [-0.3, -0.25) is 9.59 Å². The van der Waals surface area contributed by atoms with Crippen LogP contribution in [0.4, 0.5) is 0 Å². The molecule has 2 unspecified atom stereocenters. The maximum absolute atomic E-state index is 13.7. The van der Waals surface area contributed by atoms with E-state index in [0.29, 0.717) is 70.6 Å². The van der Waals surface area contributed by atoms with E-state index >= 15 is 0 Å². The number of aryl methyl sites for hydroxylation is 2. The number of rotatable bonds is 26. The number of primary sulfonamides is 1. The summed E-state index contributed by atoms with van der Waals surface area (Å²) in [6.45, 7) is 16.5. The lowest BCUT2D eigenvalue weighted by atomic mass is 10.0. The molecule has 90 heavy (non-hydrogen) atoms. The maximum Gasteiger partial charge on any atom is 0.238 e. The highest BCUT2D eigenvalue weighted by Crippen LogP contribution is 2.39. The first-order valence-electron chi connectivity index (χ1n) is 29.3. The normalized spacial score (nSPS) is 13.2. The van der Waals surface area contributed by atoms with Crippen LogP contribution in [0.2, 0.25) is 0 Å². The Balaban J connectivity index is 0.000000214. The van der Waals surface area contributed by atoms with Crippen LogP contribution in [-0.4, -0.2) is 75.0 Å². The van der Waals surface area contributed by atoms with Crippen LogP contribution < -0.4 is 38.7 Å². The van der Waals surface area contributed by atoms with E-state index < -0.39 is 70.9 Å². The number of sulfone groups is 2. The summed E-state index contributed by atoms with van der Waals surface area (Å²) in [7, 11) is -9.98. The molecule has 19 nitrogen and oxygen atoms in total. The van der Waals surface area contributed by atoms with Crippen molar-refractivity contribution in [2.24, 2.45) is 5.14 Å². The quantitative estimate of drug-likeness (QED) is 0.0389. The van der Waals surface area contributed by atoms with Gasteiger partial charge in [-0.15, -0.1) is 0 Å². The number of carbonyl (C=O) groups is 3. The zero-order valence-electron chi connectivity index (χ0n) is 51.8. The highest BCUT2D eigenvalue weighted by atomic mass is 32.2. The first-order chi connectivity index (χ1) is 42.7. The smallest absolute Gasteiger partial charge is 0.238 e. The van der Waals surface area contributed by atoms with Crippen LogP contribution in [0.3, 0.4) is 0 Å². The Morgan fingerprint density at radius 2 is 0.867 bits per heavy atom. The first-order valence-corrected chi connectivity index (χ1v) is 34.1. The van der Waals surface area contributed by atoms with Gasteiger partial charge in [-0.05, 0) is 161 Å². The van der Waals surface area contributed by atoms with Crippen LogP contribution in [0, 0.1) is 0 Å². The molecule has 0 amide bonds. The van der Waals surface area contributed by atoms with Crippen molar-refractivity contribution < 1.29 is 82.9 Å². The fourth-order valence-electron chi connectivity index (χ4n) is 9.62. The summed E-state index contributed by atoms with van der Waals surface area (Å²) >= 11 is 0. The molecule has 0 bridgehead atoms. The van der Waals surface area contributed by atoms with Gasteiger partial charge in [-0.25, -0.2) is 40.2 Å². The topological polar surface area (TPSA) is 277 Å². The summed E-state index contributed by atoms with van der Waals surface area (Å²) in [4.78, 5) is 48.7. The zero-order chi connectivity index (χ0) is 65.5. The van der Waals surface area contributed by atoms with E-state index in [2.05, 4.69) is 0 Å². The number of hydrogen-bond donors (Lipinski definition) is 1. The Bertz CT molecular complexity index is 3980. The molecule has 0 aromatic heterocycles. The monoisotopic (exact) mass is 1290 g/mol. The predicted molar refractivity (Wildman–Crippen MR) is 336 cm³/mol. The Hall–Kier alpha value is -8.12. The maximum atomic E-state index is 13.7. The van der Waals surface area contributed by atoms with E-state index in [9.17, 15) is 44.7 Å². The highest BCUT2D eigenvalue weighted by Gasteiger charge is 2.33. The molecule has 0 aliphatic carbocycles. The van der Waals surface area contributed by atoms with Crippen LogP contribution in [0.1, 0.15) is 153 Å². The summed E-state index contributed by atoms with van der Waals surface area (Å²) in [5.74, 6) is -0.475. The number of sulfonamides is 1. The molecule has 0 radical (unpaired) electrons. The molecule has 22 heteroatoms. The van der Waals surface area contributed by atoms with Gasteiger partial charge in [-0.2, -0.15) is 0 Å². The molecular formula is C68H76NO18S3-. The molecule has 9 rings (SSSR count). The summed E-state index contributed by atoms with van der Waals surface area (Å²) < 4.78 is 109. The summed E-state index contributed by atoms with van der Waals surface area (Å²) in [6.07, 6.45) is 0.238. The molecule has 2 heterocycles. The van der Waals surface area contributed by atoms with Crippen LogP contribution >= 0.6 is 0 Å². The van der Waals surface area contributed by atoms with Crippen molar-refractivity contribution in [3.63, 3.8) is 0 Å². The average molecular weight is 1290 g/mol. The minimum atomic E-state index is -3.97. The number of ether oxygens (including phenoxy) is 6.